The number of hydrogen-bond donors (Lipinski definition) is 3. The maximum absolute atomic E-state index is 14.1. The van der Waals surface area contributed by atoms with Gasteiger partial charge in [0.1, 0.15) is 5.82 Å². The fourth-order valence-electron chi connectivity index (χ4n) is 1.73. The van der Waals surface area contributed by atoms with Crippen LogP contribution < -0.4 is 11.1 Å². The maximum Gasteiger partial charge on any atom is 0.173 e. The van der Waals surface area contributed by atoms with Crippen LogP contribution in [0.25, 0.3) is 0 Å². The van der Waals surface area contributed by atoms with E-state index in [-0.39, 0.29) is 17.9 Å². The van der Waals surface area contributed by atoms with E-state index in [1.165, 1.54) is 6.07 Å². The van der Waals surface area contributed by atoms with Crippen LogP contribution in [0.15, 0.2) is 47.6 Å². The van der Waals surface area contributed by atoms with E-state index in [9.17, 15) is 4.39 Å². The lowest BCUT2D eigenvalue weighted by atomic mass is 10.1. The van der Waals surface area contributed by atoms with Gasteiger partial charge in [0.15, 0.2) is 5.84 Å². The third-order valence-corrected chi connectivity index (χ3v) is 3.04. The zero-order valence-electron chi connectivity index (χ0n) is 10.5. The Morgan fingerprint density at radius 1 is 1.25 bits per heavy atom. The second kappa shape index (κ2) is 6.25. The molecule has 6 heteroatoms. The van der Waals surface area contributed by atoms with E-state index in [1.807, 2.05) is 0 Å². The van der Waals surface area contributed by atoms with Crippen LogP contribution in [0.2, 0.25) is 5.02 Å². The number of oxime groups is 1. The Hall–Kier alpha value is -2.27. The van der Waals surface area contributed by atoms with E-state index in [1.54, 1.807) is 36.4 Å². The summed E-state index contributed by atoms with van der Waals surface area (Å²) in [6, 6.07) is 11.8. The van der Waals surface area contributed by atoms with E-state index < -0.39 is 5.82 Å². The molecule has 0 heterocycles. The van der Waals surface area contributed by atoms with Crippen molar-refractivity contribution >= 4 is 23.1 Å². The van der Waals surface area contributed by atoms with Crippen LogP contribution in [-0.4, -0.2) is 11.0 Å². The van der Waals surface area contributed by atoms with Crippen molar-refractivity contribution in [1.82, 2.24) is 0 Å². The number of benzene rings is 2. The van der Waals surface area contributed by atoms with Crippen molar-refractivity contribution in [3.05, 3.63) is 64.4 Å². The van der Waals surface area contributed by atoms with Crippen LogP contribution in [-0.2, 0) is 6.54 Å². The second-order valence-electron chi connectivity index (χ2n) is 4.12. The molecule has 4 N–H and O–H groups in total. The number of nitrogens with zero attached hydrogens (tertiary/aromatic N) is 1. The number of amidine groups is 1. The molecule has 0 aliphatic heterocycles. The first-order chi connectivity index (χ1) is 9.61. The fraction of sp³-hybridized carbons (Fsp3) is 0.0714. The first kappa shape index (κ1) is 14.1. The molecule has 0 unspecified atom stereocenters. The lowest BCUT2D eigenvalue weighted by Crippen LogP contribution is -2.16. The summed E-state index contributed by atoms with van der Waals surface area (Å²) in [4.78, 5) is 0. The summed E-state index contributed by atoms with van der Waals surface area (Å²) < 4.78 is 14.1. The molecule has 2 aromatic rings. The Bertz CT molecular complexity index is 629. The summed E-state index contributed by atoms with van der Waals surface area (Å²) in [7, 11) is 0. The average molecular weight is 294 g/mol. The van der Waals surface area contributed by atoms with Crippen molar-refractivity contribution in [1.29, 1.82) is 0 Å². The van der Waals surface area contributed by atoms with E-state index >= 15 is 0 Å². The Labute approximate surface area is 120 Å². The standard InChI is InChI=1S/C14H13ClFN3O/c15-10-4-6-11(7-5-10)18-8-9-2-1-3-12(13(9)16)14(17)19-20/h1-7,18,20H,8H2,(H2,17,19). The van der Waals surface area contributed by atoms with Gasteiger partial charge < -0.3 is 16.3 Å². The van der Waals surface area contributed by atoms with Crippen LogP contribution in [0, 0.1) is 5.82 Å². The van der Waals surface area contributed by atoms with E-state index in [0.29, 0.717) is 10.6 Å². The molecule has 0 atom stereocenters. The molecule has 2 rings (SSSR count). The van der Waals surface area contributed by atoms with Crippen molar-refractivity contribution in [2.24, 2.45) is 10.9 Å². The monoisotopic (exact) mass is 293 g/mol. The molecule has 104 valence electrons. The molecule has 20 heavy (non-hydrogen) atoms. The number of nitrogens with one attached hydrogen (secondary N) is 1. The van der Waals surface area contributed by atoms with Crippen molar-refractivity contribution in [3.8, 4) is 0 Å². The molecule has 0 amide bonds. The normalized spacial score (nSPS) is 11.4. The minimum Gasteiger partial charge on any atom is -0.409 e. The highest BCUT2D eigenvalue weighted by atomic mass is 35.5. The summed E-state index contributed by atoms with van der Waals surface area (Å²) in [5, 5.41) is 15.1. The second-order valence-corrected chi connectivity index (χ2v) is 4.56. The lowest BCUT2D eigenvalue weighted by Gasteiger charge is -2.09. The third-order valence-electron chi connectivity index (χ3n) is 2.79. The van der Waals surface area contributed by atoms with Crippen molar-refractivity contribution < 1.29 is 9.60 Å². The highest BCUT2D eigenvalue weighted by Crippen LogP contribution is 2.17. The van der Waals surface area contributed by atoms with Gasteiger partial charge >= 0.3 is 0 Å². The summed E-state index contributed by atoms with van der Waals surface area (Å²) in [5.41, 5.74) is 6.73. The smallest absolute Gasteiger partial charge is 0.173 e. The van der Waals surface area contributed by atoms with Crippen LogP contribution in [0.3, 0.4) is 0 Å². The molecular formula is C14H13ClFN3O. The largest absolute Gasteiger partial charge is 0.409 e. The summed E-state index contributed by atoms with van der Waals surface area (Å²) in [6.07, 6.45) is 0. The average Bonchev–Trinajstić information content (AvgIpc) is 2.47. The van der Waals surface area contributed by atoms with Crippen LogP contribution in [0.5, 0.6) is 0 Å². The molecule has 0 radical (unpaired) electrons. The predicted molar refractivity (Wildman–Crippen MR) is 77.7 cm³/mol. The topological polar surface area (TPSA) is 70.6 Å². The van der Waals surface area contributed by atoms with Crippen LogP contribution in [0.1, 0.15) is 11.1 Å². The summed E-state index contributed by atoms with van der Waals surface area (Å²) in [6.45, 7) is 0.278. The molecule has 4 nitrogen and oxygen atoms in total. The van der Waals surface area contributed by atoms with Gasteiger partial charge in [-0.3, -0.25) is 0 Å². The number of anilines is 1. The summed E-state index contributed by atoms with van der Waals surface area (Å²) >= 11 is 5.79. The zero-order chi connectivity index (χ0) is 14.5. The van der Waals surface area contributed by atoms with Crippen molar-refractivity contribution in [2.45, 2.75) is 6.54 Å². The van der Waals surface area contributed by atoms with E-state index in [2.05, 4.69) is 10.5 Å². The fourth-order valence-corrected chi connectivity index (χ4v) is 1.86. The Morgan fingerprint density at radius 2 is 1.95 bits per heavy atom. The predicted octanol–water partition coefficient (Wildman–Crippen LogP) is 3.19. The highest BCUT2D eigenvalue weighted by Gasteiger charge is 2.11. The maximum atomic E-state index is 14.1. The minimum absolute atomic E-state index is 0.0721. The van der Waals surface area contributed by atoms with Gasteiger partial charge in [0.2, 0.25) is 0 Å². The van der Waals surface area contributed by atoms with Crippen LogP contribution >= 0.6 is 11.6 Å². The van der Waals surface area contributed by atoms with Crippen molar-refractivity contribution in [2.75, 3.05) is 5.32 Å². The van der Waals surface area contributed by atoms with Gasteiger partial charge in [0, 0.05) is 22.8 Å². The lowest BCUT2D eigenvalue weighted by molar-refractivity contribution is 0.318. The number of halogens is 2. The van der Waals surface area contributed by atoms with Crippen molar-refractivity contribution in [3.63, 3.8) is 0 Å². The molecule has 0 aliphatic rings. The Morgan fingerprint density at radius 3 is 2.60 bits per heavy atom. The van der Waals surface area contributed by atoms with Gasteiger partial charge in [-0.15, -0.1) is 0 Å². The van der Waals surface area contributed by atoms with Gasteiger partial charge in [0.25, 0.3) is 0 Å². The zero-order valence-corrected chi connectivity index (χ0v) is 11.2. The Kier molecular flexibility index (Phi) is 4.42. The first-order valence-electron chi connectivity index (χ1n) is 5.86. The van der Waals surface area contributed by atoms with Crippen LogP contribution in [0.4, 0.5) is 10.1 Å². The first-order valence-corrected chi connectivity index (χ1v) is 6.24. The number of hydrogen-bond acceptors (Lipinski definition) is 3. The number of nitrogens with two attached hydrogens (primary N) is 1. The minimum atomic E-state index is -0.510. The van der Waals surface area contributed by atoms with E-state index in [0.717, 1.165) is 5.69 Å². The van der Waals surface area contributed by atoms with Gasteiger partial charge in [-0.25, -0.2) is 4.39 Å². The molecular weight excluding hydrogens is 281 g/mol. The highest BCUT2D eigenvalue weighted by molar-refractivity contribution is 6.30. The third kappa shape index (κ3) is 3.19. The quantitative estimate of drug-likeness (QED) is 0.351. The summed E-state index contributed by atoms with van der Waals surface area (Å²) in [5.74, 6) is -0.764. The van der Waals surface area contributed by atoms with Gasteiger partial charge in [-0.1, -0.05) is 28.9 Å². The molecule has 0 spiro atoms. The molecule has 0 bridgehead atoms. The molecule has 0 aromatic heterocycles. The van der Waals surface area contributed by atoms with Gasteiger partial charge in [0.05, 0.1) is 5.56 Å². The molecule has 2 aromatic carbocycles. The molecule has 0 saturated heterocycles. The molecule has 0 saturated carbocycles. The SMILES string of the molecule is N/C(=N/O)c1cccc(CNc2ccc(Cl)cc2)c1F. The van der Waals surface area contributed by atoms with Gasteiger partial charge in [-0.2, -0.15) is 0 Å². The molecule has 0 aliphatic carbocycles. The van der Waals surface area contributed by atoms with E-state index in [4.69, 9.17) is 22.5 Å². The molecule has 0 fully saturated rings. The van der Waals surface area contributed by atoms with Gasteiger partial charge in [-0.05, 0) is 30.3 Å². The Balaban J connectivity index is 2.16. The number of rotatable bonds is 4.